The van der Waals surface area contributed by atoms with Crippen molar-refractivity contribution in [3.63, 3.8) is 0 Å². The highest BCUT2D eigenvalue weighted by molar-refractivity contribution is 6.53. The number of para-hydroxylation sites is 1. The zero-order chi connectivity index (χ0) is 25.1. The highest BCUT2D eigenvalue weighted by Gasteiger charge is 2.39. The Kier molecular flexibility index (Phi) is 6.73. The Labute approximate surface area is 213 Å². The number of hydrogen-bond acceptors (Lipinski definition) is 5. The molecular formula is C28H24ClN3O4. The van der Waals surface area contributed by atoms with Gasteiger partial charge in [-0.15, -0.1) is 0 Å². The van der Waals surface area contributed by atoms with Crippen LogP contribution in [0.15, 0.2) is 89.6 Å². The molecule has 2 aliphatic rings. The molecule has 7 nitrogen and oxygen atoms in total. The molecule has 0 unspecified atom stereocenters. The van der Waals surface area contributed by atoms with Crippen LogP contribution >= 0.6 is 11.6 Å². The van der Waals surface area contributed by atoms with Crippen LogP contribution in [-0.2, 0) is 9.59 Å². The van der Waals surface area contributed by atoms with E-state index in [9.17, 15) is 14.4 Å². The van der Waals surface area contributed by atoms with Crippen molar-refractivity contribution in [2.45, 2.75) is 31.7 Å². The van der Waals surface area contributed by atoms with Gasteiger partial charge in [0.05, 0.1) is 5.69 Å². The standard InChI is InChI=1S/C28H24ClN3O4/c29-24-25(30-20-10-6-7-18(17-20)26(33)31-19-8-4-5-9-19)28(35)32(27(24)34)21-13-15-23(16-14-21)36-22-11-2-1-3-12-22/h1-3,6-7,10-17,19,30H,4-5,8-9H2,(H,31,33). The molecule has 0 saturated heterocycles. The number of amides is 3. The van der Waals surface area contributed by atoms with E-state index in [4.69, 9.17) is 16.3 Å². The molecule has 0 atom stereocenters. The average Bonchev–Trinajstić information content (AvgIpc) is 3.48. The third-order valence-electron chi connectivity index (χ3n) is 6.19. The molecule has 36 heavy (non-hydrogen) atoms. The fourth-order valence-electron chi connectivity index (χ4n) is 4.36. The summed E-state index contributed by atoms with van der Waals surface area (Å²) >= 11 is 6.27. The first-order valence-electron chi connectivity index (χ1n) is 11.8. The van der Waals surface area contributed by atoms with E-state index >= 15 is 0 Å². The lowest BCUT2D eigenvalue weighted by molar-refractivity contribution is -0.120. The van der Waals surface area contributed by atoms with Crippen molar-refractivity contribution < 1.29 is 19.1 Å². The number of hydrogen-bond donors (Lipinski definition) is 2. The van der Waals surface area contributed by atoms with Gasteiger partial charge < -0.3 is 15.4 Å². The van der Waals surface area contributed by atoms with Crippen LogP contribution in [-0.4, -0.2) is 23.8 Å². The maximum absolute atomic E-state index is 13.1. The van der Waals surface area contributed by atoms with Crippen molar-refractivity contribution in [3.8, 4) is 11.5 Å². The van der Waals surface area contributed by atoms with Crippen LogP contribution < -0.4 is 20.3 Å². The summed E-state index contributed by atoms with van der Waals surface area (Å²) in [4.78, 5) is 39.6. The molecule has 5 rings (SSSR count). The Morgan fingerprint density at radius 1 is 0.861 bits per heavy atom. The third kappa shape index (κ3) is 4.97. The average molecular weight is 502 g/mol. The lowest BCUT2D eigenvalue weighted by Gasteiger charge is -2.16. The molecule has 3 aromatic rings. The first-order valence-corrected chi connectivity index (χ1v) is 12.2. The smallest absolute Gasteiger partial charge is 0.283 e. The number of carbonyl (C=O) groups is 3. The minimum atomic E-state index is -0.629. The van der Waals surface area contributed by atoms with Crippen molar-refractivity contribution in [3.05, 3.63) is 95.2 Å². The molecule has 3 aromatic carbocycles. The fourth-order valence-corrected chi connectivity index (χ4v) is 4.57. The van der Waals surface area contributed by atoms with Crippen LogP contribution in [0.25, 0.3) is 0 Å². The molecule has 1 aliphatic heterocycles. The summed E-state index contributed by atoms with van der Waals surface area (Å²) in [5, 5.41) is 5.76. The maximum atomic E-state index is 13.1. The van der Waals surface area contributed by atoms with Gasteiger partial charge in [-0.05, 0) is 67.4 Å². The van der Waals surface area contributed by atoms with Crippen LogP contribution in [0.2, 0.25) is 0 Å². The molecule has 0 bridgehead atoms. The van der Waals surface area contributed by atoms with Crippen LogP contribution in [0.4, 0.5) is 11.4 Å². The Bertz CT molecular complexity index is 1330. The number of ether oxygens (including phenoxy) is 1. The second-order valence-corrected chi connectivity index (χ2v) is 9.08. The van der Waals surface area contributed by atoms with E-state index in [0.717, 1.165) is 30.6 Å². The second kappa shape index (κ2) is 10.3. The zero-order valence-electron chi connectivity index (χ0n) is 19.4. The van der Waals surface area contributed by atoms with Gasteiger partial charge in [-0.1, -0.05) is 48.7 Å². The van der Waals surface area contributed by atoms with Gasteiger partial charge in [0.15, 0.2) is 0 Å². The summed E-state index contributed by atoms with van der Waals surface area (Å²) in [7, 11) is 0. The molecule has 1 saturated carbocycles. The summed E-state index contributed by atoms with van der Waals surface area (Å²) in [6, 6.07) is 22.8. The summed E-state index contributed by atoms with van der Waals surface area (Å²) in [6.07, 6.45) is 4.21. The van der Waals surface area contributed by atoms with E-state index in [1.54, 1.807) is 48.5 Å². The van der Waals surface area contributed by atoms with Crippen LogP contribution in [0.1, 0.15) is 36.0 Å². The number of nitrogens with one attached hydrogen (secondary N) is 2. The minimum absolute atomic E-state index is 0.0420. The predicted molar refractivity (Wildman–Crippen MR) is 138 cm³/mol. The zero-order valence-corrected chi connectivity index (χ0v) is 20.1. The Morgan fingerprint density at radius 3 is 2.28 bits per heavy atom. The van der Waals surface area contributed by atoms with Crippen LogP contribution in [0.5, 0.6) is 11.5 Å². The van der Waals surface area contributed by atoms with Crippen molar-refractivity contribution in [2.75, 3.05) is 10.2 Å². The number of nitrogens with zero attached hydrogens (tertiary/aromatic N) is 1. The van der Waals surface area contributed by atoms with E-state index in [1.165, 1.54) is 0 Å². The van der Waals surface area contributed by atoms with Gasteiger partial charge >= 0.3 is 0 Å². The summed E-state index contributed by atoms with van der Waals surface area (Å²) < 4.78 is 5.77. The topological polar surface area (TPSA) is 87.7 Å². The molecular weight excluding hydrogens is 478 g/mol. The fraction of sp³-hybridized carbons (Fsp3) is 0.179. The lowest BCUT2D eigenvalue weighted by Crippen LogP contribution is -2.32. The van der Waals surface area contributed by atoms with E-state index in [2.05, 4.69) is 10.6 Å². The van der Waals surface area contributed by atoms with Gasteiger partial charge in [0.25, 0.3) is 17.7 Å². The molecule has 3 amide bonds. The Balaban J connectivity index is 1.29. The lowest BCUT2D eigenvalue weighted by atomic mass is 10.1. The van der Waals surface area contributed by atoms with Gasteiger partial charge in [0.1, 0.15) is 22.2 Å². The first-order chi connectivity index (χ1) is 17.5. The van der Waals surface area contributed by atoms with Gasteiger partial charge in [0.2, 0.25) is 0 Å². The molecule has 8 heteroatoms. The molecule has 0 spiro atoms. The summed E-state index contributed by atoms with van der Waals surface area (Å²) in [6.45, 7) is 0. The van der Waals surface area contributed by atoms with Gasteiger partial charge in [-0.2, -0.15) is 0 Å². The van der Waals surface area contributed by atoms with E-state index in [1.807, 2.05) is 30.3 Å². The Morgan fingerprint density at radius 2 is 1.56 bits per heavy atom. The monoisotopic (exact) mass is 501 g/mol. The highest BCUT2D eigenvalue weighted by Crippen LogP contribution is 2.32. The molecule has 1 aliphatic carbocycles. The van der Waals surface area contributed by atoms with Crippen molar-refractivity contribution in [1.82, 2.24) is 5.32 Å². The number of imide groups is 1. The molecule has 182 valence electrons. The molecule has 2 N–H and O–H groups in total. The molecule has 0 aromatic heterocycles. The van der Waals surface area contributed by atoms with Crippen molar-refractivity contribution >= 4 is 40.7 Å². The molecule has 1 heterocycles. The predicted octanol–water partition coefficient (Wildman–Crippen LogP) is 5.59. The van der Waals surface area contributed by atoms with Crippen molar-refractivity contribution in [2.24, 2.45) is 0 Å². The number of carbonyl (C=O) groups excluding carboxylic acids is 3. The van der Waals surface area contributed by atoms with E-state index in [0.29, 0.717) is 28.4 Å². The van der Waals surface area contributed by atoms with Gasteiger partial charge in [0, 0.05) is 17.3 Å². The number of anilines is 2. The normalized spacial score (nSPS) is 16.0. The molecule has 0 radical (unpaired) electrons. The van der Waals surface area contributed by atoms with Crippen molar-refractivity contribution in [1.29, 1.82) is 0 Å². The van der Waals surface area contributed by atoms with Gasteiger partial charge in [-0.3, -0.25) is 14.4 Å². The van der Waals surface area contributed by atoms with E-state index in [-0.39, 0.29) is 22.7 Å². The van der Waals surface area contributed by atoms with Gasteiger partial charge in [-0.25, -0.2) is 4.90 Å². The largest absolute Gasteiger partial charge is 0.457 e. The SMILES string of the molecule is O=C(NC1CCCC1)c1cccc(NC2=C(Cl)C(=O)N(c3ccc(Oc4ccccc4)cc3)C2=O)c1. The number of benzene rings is 3. The van der Waals surface area contributed by atoms with E-state index < -0.39 is 11.8 Å². The van der Waals surface area contributed by atoms with Crippen LogP contribution in [0, 0.1) is 0 Å². The highest BCUT2D eigenvalue weighted by atomic mass is 35.5. The van der Waals surface area contributed by atoms with Crippen LogP contribution in [0.3, 0.4) is 0 Å². The second-order valence-electron chi connectivity index (χ2n) is 8.70. The summed E-state index contributed by atoms with van der Waals surface area (Å²) in [5.74, 6) is -0.138. The quantitative estimate of drug-likeness (QED) is 0.412. The number of rotatable bonds is 7. The summed E-state index contributed by atoms with van der Waals surface area (Å²) in [5.41, 5.74) is 1.27. The molecule has 1 fully saturated rings. The minimum Gasteiger partial charge on any atom is -0.457 e. The maximum Gasteiger partial charge on any atom is 0.283 e. The third-order valence-corrected chi connectivity index (χ3v) is 6.54. The first kappa shape index (κ1) is 23.6. The number of halogens is 1. The Hall–Kier alpha value is -4.10.